The summed E-state index contributed by atoms with van der Waals surface area (Å²) < 4.78 is 0. The lowest BCUT2D eigenvalue weighted by Gasteiger charge is -2.15. The van der Waals surface area contributed by atoms with Gasteiger partial charge in [0.1, 0.15) is 6.61 Å². The van der Waals surface area contributed by atoms with Gasteiger partial charge in [0, 0.05) is 18.7 Å². The van der Waals surface area contributed by atoms with Crippen molar-refractivity contribution in [1.82, 2.24) is 4.90 Å². The fraction of sp³-hybridized carbons (Fsp3) is 0.500. The van der Waals surface area contributed by atoms with Gasteiger partial charge >= 0.3 is 0 Å². The molecule has 2 heteroatoms. The fourth-order valence-corrected chi connectivity index (χ4v) is 2.48. The summed E-state index contributed by atoms with van der Waals surface area (Å²) in [5.41, 5.74) is 2.32. The van der Waals surface area contributed by atoms with E-state index in [4.69, 9.17) is 5.11 Å². The molecule has 1 aliphatic heterocycles. The molecule has 0 saturated carbocycles. The predicted molar refractivity (Wildman–Crippen MR) is 74.1 cm³/mol. The van der Waals surface area contributed by atoms with Crippen LogP contribution in [0.2, 0.25) is 0 Å². The average molecular weight is 243 g/mol. The van der Waals surface area contributed by atoms with Gasteiger partial charge in [-0.3, -0.25) is 4.90 Å². The number of aliphatic hydroxyl groups excluding tert-OH is 1. The van der Waals surface area contributed by atoms with E-state index in [9.17, 15) is 0 Å². The summed E-state index contributed by atoms with van der Waals surface area (Å²) in [4.78, 5) is 2.53. The van der Waals surface area contributed by atoms with Gasteiger partial charge in [-0.25, -0.2) is 0 Å². The highest BCUT2D eigenvalue weighted by molar-refractivity contribution is 5.36. The summed E-state index contributed by atoms with van der Waals surface area (Å²) in [6.45, 7) is 5.72. The first-order valence-electron chi connectivity index (χ1n) is 6.73. The zero-order valence-corrected chi connectivity index (χ0v) is 11.0. The van der Waals surface area contributed by atoms with Crippen molar-refractivity contribution in [3.63, 3.8) is 0 Å². The minimum atomic E-state index is -0.0755. The molecule has 1 aromatic rings. The maximum Gasteiger partial charge on any atom is 0.104 e. The van der Waals surface area contributed by atoms with Gasteiger partial charge in [-0.05, 0) is 36.6 Å². The Morgan fingerprint density at radius 1 is 1.33 bits per heavy atom. The molecule has 1 N–H and O–H groups in total. The van der Waals surface area contributed by atoms with Gasteiger partial charge in [-0.2, -0.15) is 0 Å². The Hall–Kier alpha value is -1.30. The van der Waals surface area contributed by atoms with Crippen LogP contribution in [0.5, 0.6) is 0 Å². The van der Waals surface area contributed by atoms with E-state index in [1.807, 2.05) is 12.1 Å². The molecule has 0 aromatic heterocycles. The molecule has 0 radical (unpaired) electrons. The third kappa shape index (κ3) is 3.60. The van der Waals surface area contributed by atoms with Crippen LogP contribution in [0, 0.1) is 17.8 Å². The molecule has 0 spiro atoms. The standard InChI is InChI=1S/C16H21NO/c1-2-14-9-10-17(12-14)13-16-7-5-15(6-8-16)4-3-11-18/h5-8,14,18H,2,9-13H2,1H3. The topological polar surface area (TPSA) is 23.5 Å². The highest BCUT2D eigenvalue weighted by atomic mass is 16.2. The minimum absolute atomic E-state index is 0.0755. The molecular formula is C16H21NO. The highest BCUT2D eigenvalue weighted by Gasteiger charge is 2.20. The molecule has 2 nitrogen and oxygen atoms in total. The Balaban J connectivity index is 1.90. The van der Waals surface area contributed by atoms with Crippen molar-refractivity contribution in [3.05, 3.63) is 35.4 Å². The molecule has 96 valence electrons. The van der Waals surface area contributed by atoms with Crippen molar-refractivity contribution >= 4 is 0 Å². The van der Waals surface area contributed by atoms with E-state index in [1.54, 1.807) is 0 Å². The fourth-order valence-electron chi connectivity index (χ4n) is 2.48. The quantitative estimate of drug-likeness (QED) is 0.823. The Bertz CT molecular complexity index is 427. The number of aliphatic hydroxyl groups is 1. The second-order valence-corrected chi connectivity index (χ2v) is 4.95. The minimum Gasteiger partial charge on any atom is -0.384 e. The van der Waals surface area contributed by atoms with Crippen molar-refractivity contribution in [1.29, 1.82) is 0 Å². The van der Waals surface area contributed by atoms with Gasteiger partial charge in [0.05, 0.1) is 0 Å². The van der Waals surface area contributed by atoms with Gasteiger partial charge in [-0.15, -0.1) is 0 Å². The lowest BCUT2D eigenvalue weighted by molar-refractivity contribution is 0.315. The third-order valence-corrected chi connectivity index (χ3v) is 3.62. The molecule has 0 amide bonds. The Morgan fingerprint density at radius 2 is 2.11 bits per heavy atom. The van der Waals surface area contributed by atoms with Crippen LogP contribution in [0.1, 0.15) is 30.9 Å². The number of rotatable bonds is 3. The largest absolute Gasteiger partial charge is 0.384 e. The first kappa shape index (κ1) is 13.1. The molecule has 1 saturated heterocycles. The van der Waals surface area contributed by atoms with Gasteiger partial charge in [-0.1, -0.05) is 37.3 Å². The summed E-state index contributed by atoms with van der Waals surface area (Å²) in [6, 6.07) is 8.35. The van der Waals surface area contributed by atoms with E-state index in [0.29, 0.717) is 0 Å². The molecule has 1 heterocycles. The van der Waals surface area contributed by atoms with Crippen molar-refractivity contribution < 1.29 is 5.11 Å². The number of hydrogen-bond acceptors (Lipinski definition) is 2. The number of hydrogen-bond donors (Lipinski definition) is 1. The normalized spacial score (nSPS) is 19.6. The molecule has 1 aromatic carbocycles. The van der Waals surface area contributed by atoms with Gasteiger partial charge in [0.2, 0.25) is 0 Å². The Kier molecular flexibility index (Phi) is 4.81. The molecule has 1 aliphatic rings. The van der Waals surface area contributed by atoms with Crippen LogP contribution < -0.4 is 0 Å². The predicted octanol–water partition coefficient (Wildman–Crippen LogP) is 2.26. The van der Waals surface area contributed by atoms with E-state index < -0.39 is 0 Å². The van der Waals surface area contributed by atoms with Crippen LogP contribution in [0.4, 0.5) is 0 Å². The average Bonchev–Trinajstić information content (AvgIpc) is 2.86. The zero-order valence-electron chi connectivity index (χ0n) is 11.0. The second kappa shape index (κ2) is 6.58. The lowest BCUT2D eigenvalue weighted by atomic mass is 10.1. The van der Waals surface area contributed by atoms with Crippen LogP contribution in [0.3, 0.4) is 0 Å². The van der Waals surface area contributed by atoms with Gasteiger partial charge in [0.15, 0.2) is 0 Å². The number of nitrogens with zero attached hydrogens (tertiary/aromatic N) is 1. The molecule has 1 unspecified atom stereocenters. The Labute approximate surface area is 110 Å². The van der Waals surface area contributed by atoms with Crippen molar-refractivity contribution in [3.8, 4) is 11.8 Å². The number of likely N-dealkylation sites (tertiary alicyclic amines) is 1. The first-order chi connectivity index (χ1) is 8.81. The summed E-state index contributed by atoms with van der Waals surface area (Å²) >= 11 is 0. The smallest absolute Gasteiger partial charge is 0.104 e. The van der Waals surface area contributed by atoms with E-state index in [0.717, 1.165) is 18.0 Å². The van der Waals surface area contributed by atoms with Crippen LogP contribution in [0.25, 0.3) is 0 Å². The van der Waals surface area contributed by atoms with Crippen molar-refractivity contribution in [2.24, 2.45) is 5.92 Å². The third-order valence-electron chi connectivity index (χ3n) is 3.62. The van der Waals surface area contributed by atoms with Gasteiger partial charge in [0.25, 0.3) is 0 Å². The maximum atomic E-state index is 8.64. The summed E-state index contributed by atoms with van der Waals surface area (Å²) in [5.74, 6) is 6.47. The van der Waals surface area contributed by atoms with Crippen LogP contribution in [-0.4, -0.2) is 29.7 Å². The molecule has 2 rings (SSSR count). The first-order valence-corrected chi connectivity index (χ1v) is 6.73. The molecule has 0 aliphatic carbocycles. The molecular weight excluding hydrogens is 222 g/mol. The van der Waals surface area contributed by atoms with Crippen molar-refractivity contribution in [2.75, 3.05) is 19.7 Å². The lowest BCUT2D eigenvalue weighted by Crippen LogP contribution is -2.19. The molecule has 0 bridgehead atoms. The summed E-state index contributed by atoms with van der Waals surface area (Å²) in [6.07, 6.45) is 2.64. The SMILES string of the molecule is CCC1CCN(Cc2ccc(C#CCO)cc2)C1. The summed E-state index contributed by atoms with van der Waals surface area (Å²) in [7, 11) is 0. The molecule has 1 fully saturated rings. The summed E-state index contributed by atoms with van der Waals surface area (Å²) in [5, 5.41) is 8.64. The molecule has 18 heavy (non-hydrogen) atoms. The number of benzene rings is 1. The monoisotopic (exact) mass is 243 g/mol. The van der Waals surface area contributed by atoms with Crippen molar-refractivity contribution in [2.45, 2.75) is 26.3 Å². The maximum absolute atomic E-state index is 8.64. The van der Waals surface area contributed by atoms with Crippen LogP contribution in [-0.2, 0) is 6.54 Å². The molecule has 1 atom stereocenters. The second-order valence-electron chi connectivity index (χ2n) is 4.95. The Morgan fingerprint density at radius 3 is 2.72 bits per heavy atom. The highest BCUT2D eigenvalue weighted by Crippen LogP contribution is 2.20. The van der Waals surface area contributed by atoms with Gasteiger partial charge < -0.3 is 5.11 Å². The van der Waals surface area contributed by atoms with Crippen LogP contribution in [0.15, 0.2) is 24.3 Å². The van der Waals surface area contributed by atoms with E-state index in [1.165, 1.54) is 31.5 Å². The zero-order chi connectivity index (χ0) is 12.8. The van der Waals surface area contributed by atoms with Crippen LogP contribution >= 0.6 is 0 Å². The van der Waals surface area contributed by atoms with E-state index in [2.05, 4.69) is 35.8 Å². The van der Waals surface area contributed by atoms with E-state index >= 15 is 0 Å². The van der Waals surface area contributed by atoms with E-state index in [-0.39, 0.29) is 6.61 Å².